The van der Waals surface area contributed by atoms with Gasteiger partial charge in [0, 0.05) is 18.2 Å². The van der Waals surface area contributed by atoms with E-state index >= 15 is 0 Å². The van der Waals surface area contributed by atoms with Crippen LogP contribution in [0.3, 0.4) is 0 Å². The van der Waals surface area contributed by atoms with E-state index in [1.165, 1.54) is 12.1 Å². The van der Waals surface area contributed by atoms with Gasteiger partial charge in [0.25, 0.3) is 5.91 Å². The molecule has 1 aliphatic heterocycles. The number of hydrogen-bond acceptors (Lipinski definition) is 6. The van der Waals surface area contributed by atoms with Crippen LogP contribution in [-0.2, 0) is 14.3 Å². The minimum Gasteiger partial charge on any atom is -0.484 e. The zero-order valence-electron chi connectivity index (χ0n) is 20.2. The second kappa shape index (κ2) is 10.6. The van der Waals surface area contributed by atoms with E-state index in [0.29, 0.717) is 45.1 Å². The van der Waals surface area contributed by atoms with Crippen LogP contribution in [0.15, 0.2) is 18.2 Å². The Kier molecular flexibility index (Phi) is 7.90. The number of carbonyl (C=O) groups excluding carboxylic acids is 2. The summed E-state index contributed by atoms with van der Waals surface area (Å²) in [6, 6.07) is 3.71. The molecule has 3 unspecified atom stereocenters. The smallest absolute Gasteiger partial charge is 0.258 e. The summed E-state index contributed by atoms with van der Waals surface area (Å²) in [6.45, 7) is 4.36. The first-order chi connectivity index (χ1) is 16.6. The van der Waals surface area contributed by atoms with E-state index in [-0.39, 0.29) is 47.4 Å². The summed E-state index contributed by atoms with van der Waals surface area (Å²) in [4.78, 5) is 25.6. The summed E-state index contributed by atoms with van der Waals surface area (Å²) in [7, 11) is 0. The molecule has 4 fully saturated rings. The highest BCUT2D eigenvalue weighted by Crippen LogP contribution is 2.47. The van der Waals surface area contributed by atoms with Crippen molar-refractivity contribution in [2.24, 2.45) is 0 Å². The maximum absolute atomic E-state index is 13.6. The molecule has 10 heteroatoms. The lowest BCUT2D eigenvalue weighted by Crippen LogP contribution is -2.71. The Labute approximate surface area is 210 Å². The Morgan fingerprint density at radius 2 is 1.97 bits per heavy atom. The predicted molar refractivity (Wildman–Crippen MR) is 129 cm³/mol. The first-order valence-corrected chi connectivity index (χ1v) is 12.8. The SMILES string of the molecule is CC(C)OC1CCC(C(=O)NC23CCC(NC(=O)COc4ccc(Cl)c(F)c4)(CC2)C(O)C3)NC1. The van der Waals surface area contributed by atoms with E-state index < -0.39 is 23.0 Å². The average molecular weight is 512 g/mol. The van der Waals surface area contributed by atoms with Gasteiger partial charge >= 0.3 is 0 Å². The second-order valence-corrected chi connectivity index (χ2v) is 10.8. The zero-order chi connectivity index (χ0) is 25.2. The van der Waals surface area contributed by atoms with E-state index in [1.807, 2.05) is 13.8 Å². The fourth-order valence-corrected chi connectivity index (χ4v) is 5.71. The third-order valence-corrected chi connectivity index (χ3v) is 7.82. The fraction of sp³-hybridized carbons (Fsp3) is 0.680. The number of halogens is 2. The van der Waals surface area contributed by atoms with Crippen molar-refractivity contribution in [2.75, 3.05) is 13.2 Å². The number of aliphatic hydroxyl groups excluding tert-OH is 1. The van der Waals surface area contributed by atoms with Gasteiger partial charge in [-0.3, -0.25) is 9.59 Å². The Hall–Kier alpha value is -1.94. The maximum Gasteiger partial charge on any atom is 0.258 e. The van der Waals surface area contributed by atoms with Crippen molar-refractivity contribution >= 4 is 23.4 Å². The Bertz CT molecular complexity index is 930. The van der Waals surface area contributed by atoms with Crippen molar-refractivity contribution in [1.82, 2.24) is 16.0 Å². The fourth-order valence-electron chi connectivity index (χ4n) is 5.59. The summed E-state index contributed by atoms with van der Waals surface area (Å²) < 4.78 is 24.8. The third kappa shape index (κ3) is 6.07. The van der Waals surface area contributed by atoms with Crippen molar-refractivity contribution in [3.63, 3.8) is 0 Å². The van der Waals surface area contributed by atoms with Gasteiger partial charge in [-0.05, 0) is 70.9 Å². The molecule has 3 saturated carbocycles. The number of aliphatic hydroxyl groups is 1. The molecular weight excluding hydrogens is 477 g/mol. The molecule has 4 aliphatic rings. The van der Waals surface area contributed by atoms with E-state index in [0.717, 1.165) is 12.5 Å². The molecule has 0 spiro atoms. The standard InChI is InChI=1S/C25H35ClFN3O5/c1-15(2)35-17-4-6-20(28-13-17)23(33)30-24-7-9-25(10-8-24,21(31)12-24)29-22(32)14-34-16-3-5-18(26)19(27)11-16/h3,5,11,15,17,20-21,28,31H,4,6-10,12-14H2,1-2H3,(H,29,32)(H,30,33). The van der Waals surface area contributed by atoms with Gasteiger partial charge in [-0.1, -0.05) is 11.6 Å². The number of benzene rings is 1. The number of amides is 2. The molecule has 35 heavy (non-hydrogen) atoms. The summed E-state index contributed by atoms with van der Waals surface area (Å²) in [5.41, 5.74) is -1.21. The number of rotatable bonds is 8. The molecular formula is C25H35ClFN3O5. The highest BCUT2D eigenvalue weighted by atomic mass is 35.5. The lowest BCUT2D eigenvalue weighted by Gasteiger charge is -2.56. The van der Waals surface area contributed by atoms with Crippen LogP contribution < -0.4 is 20.7 Å². The van der Waals surface area contributed by atoms with Crippen molar-refractivity contribution in [2.45, 2.75) is 94.2 Å². The van der Waals surface area contributed by atoms with Gasteiger partial charge in [0.15, 0.2) is 6.61 Å². The molecule has 1 aromatic carbocycles. The lowest BCUT2D eigenvalue weighted by molar-refractivity contribution is -0.137. The van der Waals surface area contributed by atoms with Crippen molar-refractivity contribution in [3.8, 4) is 5.75 Å². The average Bonchev–Trinajstić information content (AvgIpc) is 2.81. The Morgan fingerprint density at radius 1 is 1.23 bits per heavy atom. The maximum atomic E-state index is 13.6. The quantitative estimate of drug-likeness (QED) is 0.427. The molecule has 1 aromatic rings. The van der Waals surface area contributed by atoms with Crippen LogP contribution in [0, 0.1) is 5.82 Å². The number of nitrogens with one attached hydrogen (secondary N) is 3. The largest absolute Gasteiger partial charge is 0.484 e. The van der Waals surface area contributed by atoms with E-state index in [1.54, 1.807) is 0 Å². The number of ether oxygens (including phenoxy) is 2. The molecule has 1 heterocycles. The van der Waals surface area contributed by atoms with Crippen LogP contribution >= 0.6 is 11.6 Å². The summed E-state index contributed by atoms with van der Waals surface area (Å²) in [5.74, 6) is -0.846. The van der Waals surface area contributed by atoms with Gasteiger partial charge in [-0.2, -0.15) is 0 Å². The van der Waals surface area contributed by atoms with Crippen LogP contribution in [0.25, 0.3) is 0 Å². The molecule has 1 saturated heterocycles. The predicted octanol–water partition coefficient (Wildman–Crippen LogP) is 2.45. The monoisotopic (exact) mass is 511 g/mol. The van der Waals surface area contributed by atoms with Crippen LogP contribution in [0.1, 0.15) is 58.8 Å². The van der Waals surface area contributed by atoms with Crippen LogP contribution in [0.2, 0.25) is 5.02 Å². The molecule has 2 amide bonds. The molecule has 8 nitrogen and oxygen atoms in total. The highest BCUT2D eigenvalue weighted by molar-refractivity contribution is 6.30. The molecule has 5 rings (SSSR count). The molecule has 194 valence electrons. The molecule has 3 aliphatic carbocycles. The van der Waals surface area contributed by atoms with E-state index in [9.17, 15) is 19.1 Å². The number of fused-ring (bicyclic) bond motifs is 3. The Balaban J connectivity index is 1.27. The molecule has 2 bridgehead atoms. The minimum absolute atomic E-state index is 0.0209. The van der Waals surface area contributed by atoms with Gasteiger partial charge in [0.05, 0.1) is 34.9 Å². The van der Waals surface area contributed by atoms with Crippen molar-refractivity contribution in [1.29, 1.82) is 0 Å². The molecule has 3 atom stereocenters. The number of carbonyl (C=O) groups is 2. The second-order valence-electron chi connectivity index (χ2n) is 10.4. The van der Waals surface area contributed by atoms with Gasteiger partial charge in [-0.15, -0.1) is 0 Å². The molecule has 0 radical (unpaired) electrons. The van der Waals surface area contributed by atoms with Gasteiger partial charge in [-0.25, -0.2) is 4.39 Å². The van der Waals surface area contributed by atoms with Gasteiger partial charge in [0.1, 0.15) is 11.6 Å². The van der Waals surface area contributed by atoms with E-state index in [2.05, 4.69) is 16.0 Å². The van der Waals surface area contributed by atoms with Crippen molar-refractivity contribution < 1.29 is 28.6 Å². The number of hydrogen-bond donors (Lipinski definition) is 4. The minimum atomic E-state index is -0.787. The normalized spacial score (nSPS) is 32.3. The summed E-state index contributed by atoms with van der Waals surface area (Å²) in [6.07, 6.45) is 3.86. The molecule has 4 N–H and O–H groups in total. The highest BCUT2D eigenvalue weighted by Gasteiger charge is 2.55. The summed E-state index contributed by atoms with van der Waals surface area (Å²) >= 11 is 5.67. The zero-order valence-corrected chi connectivity index (χ0v) is 21.0. The van der Waals surface area contributed by atoms with Gasteiger partial charge in [0.2, 0.25) is 5.91 Å². The Morgan fingerprint density at radius 3 is 2.57 bits per heavy atom. The first kappa shape index (κ1) is 26.1. The van der Waals surface area contributed by atoms with Crippen LogP contribution in [-0.4, -0.2) is 65.5 Å². The van der Waals surface area contributed by atoms with E-state index in [4.69, 9.17) is 21.1 Å². The lowest BCUT2D eigenvalue weighted by atomic mass is 9.59. The van der Waals surface area contributed by atoms with Crippen LogP contribution in [0.4, 0.5) is 4.39 Å². The first-order valence-electron chi connectivity index (χ1n) is 12.4. The van der Waals surface area contributed by atoms with Crippen molar-refractivity contribution in [3.05, 3.63) is 29.0 Å². The van der Waals surface area contributed by atoms with Crippen LogP contribution in [0.5, 0.6) is 5.75 Å². The summed E-state index contributed by atoms with van der Waals surface area (Å²) in [5, 5.41) is 20.4. The van der Waals surface area contributed by atoms with Gasteiger partial charge < -0.3 is 30.5 Å². The molecule has 0 aromatic heterocycles. The third-order valence-electron chi connectivity index (χ3n) is 7.51. The topological polar surface area (TPSA) is 109 Å². The number of piperidine rings is 1.